The molecule has 0 fully saturated rings. The van der Waals surface area contributed by atoms with E-state index in [1.54, 1.807) is 24.0 Å². The number of nitrogens with zero attached hydrogens (tertiary/aromatic N) is 1. The summed E-state index contributed by atoms with van der Waals surface area (Å²) in [6, 6.07) is 5.35. The van der Waals surface area contributed by atoms with Gasteiger partial charge in [-0.25, -0.2) is 0 Å². The van der Waals surface area contributed by atoms with E-state index in [4.69, 9.17) is 4.74 Å². The molecule has 0 radical (unpaired) electrons. The maximum atomic E-state index is 12.2. The van der Waals surface area contributed by atoms with E-state index in [0.717, 1.165) is 5.69 Å². The molecule has 108 valence electrons. The molecule has 5 heteroatoms. The number of benzene rings is 1. The van der Waals surface area contributed by atoms with Crippen molar-refractivity contribution in [2.24, 2.45) is 5.92 Å². The van der Waals surface area contributed by atoms with Gasteiger partial charge in [0.2, 0.25) is 5.91 Å². The van der Waals surface area contributed by atoms with Crippen LogP contribution in [-0.4, -0.2) is 24.5 Å². The first-order valence-corrected chi connectivity index (χ1v) is 6.78. The van der Waals surface area contributed by atoms with Gasteiger partial charge in [-0.3, -0.25) is 9.59 Å². The van der Waals surface area contributed by atoms with Crippen LogP contribution in [0.15, 0.2) is 18.2 Å². The quantitative estimate of drug-likeness (QED) is 0.922. The second kappa shape index (κ2) is 5.53. The Bertz CT molecular complexity index is 540. The molecule has 1 aromatic rings. The number of nitrogens with one attached hydrogen (secondary N) is 1. The highest BCUT2D eigenvalue weighted by molar-refractivity contribution is 6.00. The molecule has 1 aliphatic rings. The van der Waals surface area contributed by atoms with Gasteiger partial charge < -0.3 is 15.0 Å². The summed E-state index contributed by atoms with van der Waals surface area (Å²) in [6.07, 6.45) is -0.506. The molecule has 5 nitrogen and oxygen atoms in total. The van der Waals surface area contributed by atoms with Gasteiger partial charge in [0, 0.05) is 25.2 Å². The van der Waals surface area contributed by atoms with E-state index in [2.05, 4.69) is 19.2 Å². The number of hydrogen-bond acceptors (Lipinski definition) is 3. The van der Waals surface area contributed by atoms with E-state index in [-0.39, 0.29) is 11.8 Å². The first-order chi connectivity index (χ1) is 9.38. The monoisotopic (exact) mass is 276 g/mol. The molecule has 1 aromatic carbocycles. The lowest BCUT2D eigenvalue weighted by atomic mass is 10.1. The smallest absolute Gasteiger partial charge is 0.267 e. The Labute approximate surface area is 118 Å². The molecule has 0 bridgehead atoms. The van der Waals surface area contributed by atoms with Crippen LogP contribution >= 0.6 is 0 Å². The fraction of sp³-hybridized carbons (Fsp3) is 0.467. The standard InChI is InChI=1S/C15H20N2O3/c1-9(2)8-17-13-6-5-12(16-11(4)18)7-14(13)20-10(3)15(17)19/h5-7,9-10H,8H2,1-4H3,(H,16,18). The SMILES string of the molecule is CC(=O)Nc1ccc2c(c1)OC(C)C(=O)N2CC(C)C. The molecule has 1 atom stereocenters. The Morgan fingerprint density at radius 1 is 1.45 bits per heavy atom. The van der Waals surface area contributed by atoms with Gasteiger partial charge in [0.05, 0.1) is 5.69 Å². The molecule has 2 amide bonds. The molecule has 1 aliphatic heterocycles. The summed E-state index contributed by atoms with van der Waals surface area (Å²) in [6.45, 7) is 7.98. The lowest BCUT2D eigenvalue weighted by molar-refractivity contribution is -0.125. The third-order valence-electron chi connectivity index (χ3n) is 3.04. The number of carbonyl (C=O) groups is 2. The molecule has 2 rings (SSSR count). The Morgan fingerprint density at radius 3 is 2.75 bits per heavy atom. The molecule has 0 aromatic heterocycles. The summed E-state index contributed by atoms with van der Waals surface area (Å²) in [5, 5.41) is 2.71. The highest BCUT2D eigenvalue weighted by atomic mass is 16.5. The molecule has 20 heavy (non-hydrogen) atoms. The number of hydrogen-bond donors (Lipinski definition) is 1. The summed E-state index contributed by atoms with van der Waals surface area (Å²) in [7, 11) is 0. The van der Waals surface area contributed by atoms with Crippen molar-refractivity contribution in [1.29, 1.82) is 0 Å². The van der Waals surface area contributed by atoms with Crippen LogP contribution in [-0.2, 0) is 9.59 Å². The normalized spacial score (nSPS) is 17.8. The Balaban J connectivity index is 2.36. The van der Waals surface area contributed by atoms with Crippen molar-refractivity contribution in [3.63, 3.8) is 0 Å². The lowest BCUT2D eigenvalue weighted by Gasteiger charge is -2.34. The Morgan fingerprint density at radius 2 is 2.15 bits per heavy atom. The van der Waals surface area contributed by atoms with E-state index in [1.807, 2.05) is 6.07 Å². The lowest BCUT2D eigenvalue weighted by Crippen LogP contribution is -2.46. The summed E-state index contributed by atoms with van der Waals surface area (Å²) < 4.78 is 5.64. The third-order valence-corrected chi connectivity index (χ3v) is 3.04. The number of ether oxygens (including phenoxy) is 1. The molecule has 0 aliphatic carbocycles. The van der Waals surface area contributed by atoms with Gasteiger partial charge in [-0.1, -0.05) is 13.8 Å². The van der Waals surface area contributed by atoms with Gasteiger partial charge in [-0.2, -0.15) is 0 Å². The average molecular weight is 276 g/mol. The van der Waals surface area contributed by atoms with Crippen molar-refractivity contribution in [1.82, 2.24) is 0 Å². The fourth-order valence-corrected chi connectivity index (χ4v) is 2.25. The predicted octanol–water partition coefficient (Wildman–Crippen LogP) is 2.41. The third kappa shape index (κ3) is 2.92. The zero-order chi connectivity index (χ0) is 14.9. The molecule has 0 spiro atoms. The summed E-state index contributed by atoms with van der Waals surface area (Å²) in [5.41, 5.74) is 1.43. The number of amides is 2. The number of anilines is 2. The fourth-order valence-electron chi connectivity index (χ4n) is 2.25. The average Bonchev–Trinajstić information content (AvgIpc) is 2.33. The van der Waals surface area contributed by atoms with Crippen LogP contribution in [0.5, 0.6) is 5.75 Å². The van der Waals surface area contributed by atoms with Crippen molar-refractivity contribution in [2.45, 2.75) is 33.8 Å². The zero-order valence-corrected chi connectivity index (χ0v) is 12.3. The summed E-state index contributed by atoms with van der Waals surface area (Å²) in [5.74, 6) is 0.832. The van der Waals surface area contributed by atoms with Gasteiger partial charge in [-0.05, 0) is 25.0 Å². The van der Waals surface area contributed by atoms with Crippen molar-refractivity contribution in [3.05, 3.63) is 18.2 Å². The van der Waals surface area contributed by atoms with Crippen molar-refractivity contribution < 1.29 is 14.3 Å². The van der Waals surface area contributed by atoms with E-state index in [9.17, 15) is 9.59 Å². The van der Waals surface area contributed by atoms with Gasteiger partial charge in [0.25, 0.3) is 5.91 Å². The van der Waals surface area contributed by atoms with E-state index in [1.165, 1.54) is 6.92 Å². The van der Waals surface area contributed by atoms with Gasteiger partial charge in [0.1, 0.15) is 5.75 Å². The second-order valence-corrected chi connectivity index (χ2v) is 5.47. The van der Waals surface area contributed by atoms with Crippen molar-refractivity contribution in [3.8, 4) is 5.75 Å². The van der Waals surface area contributed by atoms with Crippen LogP contribution in [0.3, 0.4) is 0 Å². The number of rotatable bonds is 3. The largest absolute Gasteiger partial charge is 0.479 e. The molecular weight excluding hydrogens is 256 g/mol. The predicted molar refractivity (Wildman–Crippen MR) is 78.0 cm³/mol. The highest BCUT2D eigenvalue weighted by Gasteiger charge is 2.31. The van der Waals surface area contributed by atoms with Crippen LogP contribution in [0, 0.1) is 5.92 Å². The Hall–Kier alpha value is -2.04. The second-order valence-electron chi connectivity index (χ2n) is 5.47. The van der Waals surface area contributed by atoms with Crippen molar-refractivity contribution >= 4 is 23.2 Å². The topological polar surface area (TPSA) is 58.6 Å². The summed E-state index contributed by atoms with van der Waals surface area (Å²) >= 11 is 0. The molecule has 1 N–H and O–H groups in total. The van der Waals surface area contributed by atoms with Crippen LogP contribution in [0.2, 0.25) is 0 Å². The van der Waals surface area contributed by atoms with Gasteiger partial charge >= 0.3 is 0 Å². The van der Waals surface area contributed by atoms with Crippen LogP contribution in [0.1, 0.15) is 27.7 Å². The minimum atomic E-state index is -0.506. The first-order valence-electron chi connectivity index (χ1n) is 6.78. The number of fused-ring (bicyclic) bond motifs is 1. The van der Waals surface area contributed by atoms with Crippen molar-refractivity contribution in [2.75, 3.05) is 16.8 Å². The van der Waals surface area contributed by atoms with Gasteiger partial charge in [-0.15, -0.1) is 0 Å². The molecular formula is C15H20N2O3. The number of carbonyl (C=O) groups excluding carboxylic acids is 2. The van der Waals surface area contributed by atoms with E-state index >= 15 is 0 Å². The maximum Gasteiger partial charge on any atom is 0.267 e. The van der Waals surface area contributed by atoms with Crippen LogP contribution in [0.4, 0.5) is 11.4 Å². The van der Waals surface area contributed by atoms with Gasteiger partial charge in [0.15, 0.2) is 6.10 Å². The zero-order valence-electron chi connectivity index (χ0n) is 12.3. The first kappa shape index (κ1) is 14.4. The van der Waals surface area contributed by atoms with Crippen LogP contribution < -0.4 is 15.0 Å². The molecule has 0 saturated carbocycles. The molecule has 0 saturated heterocycles. The van der Waals surface area contributed by atoms with Crippen LogP contribution in [0.25, 0.3) is 0 Å². The maximum absolute atomic E-state index is 12.2. The summed E-state index contributed by atoms with van der Waals surface area (Å²) in [4.78, 5) is 25.1. The minimum Gasteiger partial charge on any atom is -0.479 e. The van der Waals surface area contributed by atoms with E-state index < -0.39 is 6.10 Å². The minimum absolute atomic E-state index is 0.0292. The highest BCUT2D eigenvalue weighted by Crippen LogP contribution is 2.36. The Kier molecular flexibility index (Phi) is 3.97. The molecule has 1 unspecified atom stereocenters. The molecule has 1 heterocycles. The van der Waals surface area contributed by atoms with E-state index in [0.29, 0.717) is 23.9 Å².